The van der Waals surface area contributed by atoms with Crippen LogP contribution in [0, 0.1) is 5.82 Å². The first kappa shape index (κ1) is 16.1. The molecule has 1 aromatic carbocycles. The molecule has 1 N–H and O–H groups in total. The maximum atomic E-state index is 13.0. The van der Waals surface area contributed by atoms with Crippen molar-refractivity contribution in [2.75, 3.05) is 18.4 Å². The van der Waals surface area contributed by atoms with Gasteiger partial charge < -0.3 is 5.32 Å². The Morgan fingerprint density at radius 2 is 2.17 bits per heavy atom. The lowest BCUT2D eigenvalue weighted by molar-refractivity contribution is 0.102. The minimum atomic E-state index is -0.209. The Morgan fingerprint density at radius 1 is 1.39 bits per heavy atom. The lowest BCUT2D eigenvalue weighted by atomic mass is 10.0. The number of thiophene rings is 1. The predicted octanol–water partition coefficient (Wildman–Crippen LogP) is 4.17. The van der Waals surface area contributed by atoms with Crippen molar-refractivity contribution in [3.63, 3.8) is 0 Å². The molecule has 1 fully saturated rings. The highest BCUT2D eigenvalue weighted by molar-refractivity contribution is 7.12. The first-order valence-electron chi connectivity index (χ1n) is 7.93. The summed E-state index contributed by atoms with van der Waals surface area (Å²) in [5.74, 6) is -0.0738. The summed E-state index contributed by atoms with van der Waals surface area (Å²) in [4.78, 5) is 14.6. The third-order valence-corrected chi connectivity index (χ3v) is 5.21. The van der Waals surface area contributed by atoms with Crippen molar-refractivity contribution >= 4 is 22.8 Å². The van der Waals surface area contributed by atoms with Gasteiger partial charge in [0.15, 0.2) is 5.78 Å². The van der Waals surface area contributed by atoms with Crippen molar-refractivity contribution in [2.45, 2.75) is 32.4 Å². The van der Waals surface area contributed by atoms with Gasteiger partial charge in [-0.1, -0.05) is 0 Å². The highest BCUT2D eigenvalue weighted by Crippen LogP contribution is 2.21. The number of carbonyl (C=O) groups is 1. The van der Waals surface area contributed by atoms with Gasteiger partial charge in [0.1, 0.15) is 5.82 Å². The topological polar surface area (TPSA) is 32.3 Å². The second-order valence-corrected chi connectivity index (χ2v) is 7.01. The molecule has 0 radical (unpaired) electrons. The molecule has 0 bridgehead atoms. The van der Waals surface area contributed by atoms with E-state index < -0.39 is 0 Å². The van der Waals surface area contributed by atoms with Gasteiger partial charge in [0.2, 0.25) is 0 Å². The van der Waals surface area contributed by atoms with Gasteiger partial charge in [-0.15, -0.1) is 11.3 Å². The summed E-state index contributed by atoms with van der Waals surface area (Å²) in [5.41, 5.74) is 2.18. The number of ketones is 1. The SMILES string of the molecule is CC(=O)c1cc(CN2CCCC(Nc3ccc(F)cc3)C2)cs1. The van der Waals surface area contributed by atoms with Crippen LogP contribution in [0.15, 0.2) is 35.7 Å². The van der Waals surface area contributed by atoms with E-state index >= 15 is 0 Å². The van der Waals surface area contributed by atoms with Crippen molar-refractivity contribution in [2.24, 2.45) is 0 Å². The molecular formula is C18H21FN2OS. The normalized spacial score (nSPS) is 18.8. The van der Waals surface area contributed by atoms with E-state index in [1.165, 1.54) is 29.0 Å². The van der Waals surface area contributed by atoms with Gasteiger partial charge in [-0.3, -0.25) is 9.69 Å². The molecule has 1 atom stereocenters. The highest BCUT2D eigenvalue weighted by Gasteiger charge is 2.20. The van der Waals surface area contributed by atoms with Crippen LogP contribution < -0.4 is 5.32 Å². The second kappa shape index (κ2) is 7.23. The molecule has 1 aliphatic rings. The Bertz CT molecular complexity index is 668. The van der Waals surface area contributed by atoms with Crippen LogP contribution in [0.4, 0.5) is 10.1 Å². The zero-order chi connectivity index (χ0) is 16.2. The van der Waals surface area contributed by atoms with Crippen molar-refractivity contribution in [1.82, 2.24) is 4.90 Å². The van der Waals surface area contributed by atoms with Gasteiger partial charge in [0.05, 0.1) is 4.88 Å². The molecule has 1 saturated heterocycles. The molecule has 23 heavy (non-hydrogen) atoms. The largest absolute Gasteiger partial charge is 0.381 e. The van der Waals surface area contributed by atoms with Crippen LogP contribution >= 0.6 is 11.3 Å². The summed E-state index contributed by atoms with van der Waals surface area (Å²) in [6.07, 6.45) is 2.26. The van der Waals surface area contributed by atoms with Crippen LogP contribution in [0.25, 0.3) is 0 Å². The second-order valence-electron chi connectivity index (χ2n) is 6.10. The number of rotatable bonds is 5. The molecule has 122 valence electrons. The number of hydrogen-bond acceptors (Lipinski definition) is 4. The number of Topliss-reactive ketones (excluding diaryl/α,β-unsaturated/α-hetero) is 1. The number of nitrogens with zero attached hydrogens (tertiary/aromatic N) is 1. The van der Waals surface area contributed by atoms with Gasteiger partial charge in [-0.2, -0.15) is 0 Å². The fourth-order valence-electron chi connectivity index (χ4n) is 3.00. The van der Waals surface area contributed by atoms with Crippen LogP contribution in [0.2, 0.25) is 0 Å². The van der Waals surface area contributed by atoms with E-state index in [4.69, 9.17) is 0 Å². The minimum Gasteiger partial charge on any atom is -0.381 e. The summed E-state index contributed by atoms with van der Waals surface area (Å²) in [5, 5.41) is 5.56. The third kappa shape index (κ3) is 4.39. The highest BCUT2D eigenvalue weighted by atomic mass is 32.1. The van der Waals surface area contributed by atoms with Gasteiger partial charge in [0, 0.05) is 24.8 Å². The molecule has 1 unspecified atom stereocenters. The van der Waals surface area contributed by atoms with Crippen LogP contribution in [-0.4, -0.2) is 29.8 Å². The summed E-state index contributed by atoms with van der Waals surface area (Å²) in [6.45, 7) is 4.53. The van der Waals surface area contributed by atoms with E-state index in [1.54, 1.807) is 19.1 Å². The Kier molecular flexibility index (Phi) is 5.08. The number of piperidine rings is 1. The maximum absolute atomic E-state index is 13.0. The number of likely N-dealkylation sites (tertiary alicyclic amines) is 1. The average molecular weight is 332 g/mol. The molecule has 2 aromatic rings. The van der Waals surface area contributed by atoms with Crippen molar-refractivity contribution < 1.29 is 9.18 Å². The van der Waals surface area contributed by atoms with Gasteiger partial charge in [-0.05, 0) is 67.6 Å². The Balaban J connectivity index is 1.57. The van der Waals surface area contributed by atoms with Crippen LogP contribution in [-0.2, 0) is 6.54 Å². The van der Waals surface area contributed by atoms with Crippen molar-refractivity contribution in [1.29, 1.82) is 0 Å². The van der Waals surface area contributed by atoms with Gasteiger partial charge >= 0.3 is 0 Å². The smallest absolute Gasteiger partial charge is 0.169 e. The molecular weight excluding hydrogens is 311 g/mol. The molecule has 0 amide bonds. The average Bonchev–Trinajstić information content (AvgIpc) is 2.99. The molecule has 3 rings (SSSR count). The molecule has 1 aromatic heterocycles. The standard InChI is InChI=1S/C18H21FN2OS/c1-13(22)18-9-14(12-23-18)10-21-8-2-3-17(11-21)20-16-6-4-15(19)5-7-16/h4-7,9,12,17,20H,2-3,8,10-11H2,1H3. The zero-order valence-electron chi connectivity index (χ0n) is 13.2. The summed E-state index contributed by atoms with van der Waals surface area (Å²) < 4.78 is 13.0. The summed E-state index contributed by atoms with van der Waals surface area (Å²) in [6, 6.07) is 8.91. The number of hydrogen-bond donors (Lipinski definition) is 1. The quantitative estimate of drug-likeness (QED) is 0.834. The molecule has 2 heterocycles. The molecule has 1 aliphatic heterocycles. The van der Waals surface area contributed by atoms with E-state index in [1.807, 2.05) is 6.07 Å². The lowest BCUT2D eigenvalue weighted by Gasteiger charge is -2.33. The number of carbonyl (C=O) groups excluding carboxylic acids is 1. The third-order valence-electron chi connectivity index (χ3n) is 4.13. The Hall–Kier alpha value is -1.72. The Labute approximate surface area is 140 Å². The van der Waals surface area contributed by atoms with E-state index in [9.17, 15) is 9.18 Å². The lowest BCUT2D eigenvalue weighted by Crippen LogP contribution is -2.41. The van der Waals surface area contributed by atoms with Gasteiger partial charge in [-0.25, -0.2) is 4.39 Å². The predicted molar refractivity (Wildman–Crippen MR) is 92.6 cm³/mol. The first-order chi connectivity index (χ1) is 11.1. The number of halogens is 1. The summed E-state index contributed by atoms with van der Waals surface area (Å²) >= 11 is 1.52. The maximum Gasteiger partial charge on any atom is 0.169 e. The fourth-order valence-corrected chi connectivity index (χ4v) is 3.81. The molecule has 5 heteroatoms. The summed E-state index contributed by atoms with van der Waals surface area (Å²) in [7, 11) is 0. The zero-order valence-corrected chi connectivity index (χ0v) is 14.0. The van der Waals surface area contributed by atoms with E-state index in [2.05, 4.69) is 15.6 Å². The van der Waals surface area contributed by atoms with Gasteiger partial charge in [0.25, 0.3) is 0 Å². The molecule has 0 spiro atoms. The first-order valence-corrected chi connectivity index (χ1v) is 8.81. The van der Waals surface area contributed by atoms with E-state index in [0.29, 0.717) is 6.04 Å². The molecule has 0 saturated carbocycles. The van der Waals surface area contributed by atoms with E-state index in [0.717, 1.165) is 43.0 Å². The Morgan fingerprint density at radius 3 is 2.87 bits per heavy atom. The molecule has 0 aliphatic carbocycles. The van der Waals surface area contributed by atoms with Crippen LogP contribution in [0.1, 0.15) is 35.0 Å². The number of benzene rings is 1. The van der Waals surface area contributed by atoms with Crippen molar-refractivity contribution in [3.8, 4) is 0 Å². The van der Waals surface area contributed by atoms with Crippen molar-refractivity contribution in [3.05, 3.63) is 52.0 Å². The van der Waals surface area contributed by atoms with Crippen LogP contribution in [0.3, 0.4) is 0 Å². The van der Waals surface area contributed by atoms with Crippen LogP contribution in [0.5, 0.6) is 0 Å². The number of anilines is 1. The fraction of sp³-hybridized carbons (Fsp3) is 0.389. The van der Waals surface area contributed by atoms with E-state index in [-0.39, 0.29) is 11.6 Å². The number of nitrogens with one attached hydrogen (secondary N) is 1. The molecule has 3 nitrogen and oxygen atoms in total. The minimum absolute atomic E-state index is 0.135. The monoisotopic (exact) mass is 332 g/mol.